The predicted octanol–water partition coefficient (Wildman–Crippen LogP) is 3.66. The molecule has 2 amide bonds. The van der Waals surface area contributed by atoms with Crippen molar-refractivity contribution in [3.8, 4) is 0 Å². The Morgan fingerprint density at radius 1 is 1.03 bits per heavy atom. The van der Waals surface area contributed by atoms with Crippen LogP contribution in [0.5, 0.6) is 0 Å². The molecule has 0 aromatic heterocycles. The molecule has 0 saturated heterocycles. The fraction of sp³-hybridized carbons (Fsp3) is 0.364. The summed E-state index contributed by atoms with van der Waals surface area (Å²) in [5.41, 5.74) is 0.814. The number of hydrogen-bond acceptors (Lipinski definition) is 4. The van der Waals surface area contributed by atoms with E-state index in [9.17, 15) is 18.0 Å². The maximum absolute atomic E-state index is 13.2. The number of nitrogens with one attached hydrogen (secondary N) is 1. The number of carbonyl (C=O) groups excluding carboxylic acids is 2. The summed E-state index contributed by atoms with van der Waals surface area (Å²) in [4.78, 5) is 27.2. The smallest absolute Gasteiger partial charge is 0.243 e. The zero-order chi connectivity index (χ0) is 24.1. The Balaban J connectivity index is 2.26. The monoisotopic (exact) mass is 543 g/mol. The summed E-state index contributed by atoms with van der Waals surface area (Å²) in [5, 5.41) is 3.21. The van der Waals surface area contributed by atoms with Crippen LogP contribution in [0, 0.1) is 0 Å². The first kappa shape index (κ1) is 26.3. The second kappa shape index (κ2) is 11.3. The fourth-order valence-electron chi connectivity index (χ4n) is 2.93. The van der Waals surface area contributed by atoms with Crippen LogP contribution in [-0.4, -0.2) is 55.1 Å². The largest absolute Gasteiger partial charge is 0.352 e. The molecular formula is C22H27BrClN3O4S. The summed E-state index contributed by atoms with van der Waals surface area (Å²) in [6.07, 6.45) is 0. The van der Waals surface area contributed by atoms with Crippen LogP contribution in [0.25, 0.3) is 0 Å². The number of likely N-dealkylation sites (N-methyl/N-ethyl adjacent to an activating group) is 1. The van der Waals surface area contributed by atoms with Crippen molar-refractivity contribution in [2.75, 3.05) is 13.6 Å². The molecule has 0 aliphatic carbocycles. The number of hydrogen-bond donors (Lipinski definition) is 1. The van der Waals surface area contributed by atoms with E-state index >= 15 is 0 Å². The lowest BCUT2D eigenvalue weighted by Crippen LogP contribution is -2.51. The fourth-order valence-corrected chi connectivity index (χ4v) is 4.44. The van der Waals surface area contributed by atoms with E-state index in [1.807, 2.05) is 38.1 Å². The van der Waals surface area contributed by atoms with Crippen LogP contribution in [0.15, 0.2) is 57.9 Å². The van der Waals surface area contributed by atoms with E-state index in [-0.39, 0.29) is 23.4 Å². The van der Waals surface area contributed by atoms with Crippen molar-refractivity contribution in [1.82, 2.24) is 14.5 Å². The molecule has 0 heterocycles. The minimum absolute atomic E-state index is 0.0299. The summed E-state index contributed by atoms with van der Waals surface area (Å²) in [5.74, 6) is -0.798. The Hall–Kier alpha value is -1.94. The van der Waals surface area contributed by atoms with Crippen LogP contribution in [-0.2, 0) is 26.2 Å². The second-order valence-corrected chi connectivity index (χ2v) is 11.1. The number of benzene rings is 2. The maximum Gasteiger partial charge on any atom is 0.243 e. The maximum atomic E-state index is 13.2. The zero-order valence-corrected chi connectivity index (χ0v) is 21.5. The normalized spacial score (nSPS) is 12.6. The highest BCUT2D eigenvalue weighted by molar-refractivity contribution is 9.10. The summed E-state index contributed by atoms with van der Waals surface area (Å²) in [6.45, 7) is 5.03. The Kier molecular flexibility index (Phi) is 9.27. The average Bonchev–Trinajstić information content (AvgIpc) is 2.72. The Morgan fingerprint density at radius 3 is 2.12 bits per heavy atom. The van der Waals surface area contributed by atoms with E-state index in [4.69, 9.17) is 11.6 Å². The molecule has 0 unspecified atom stereocenters. The van der Waals surface area contributed by atoms with Gasteiger partial charge in [0.1, 0.15) is 6.04 Å². The molecule has 0 aliphatic heterocycles. The summed E-state index contributed by atoms with van der Waals surface area (Å²) < 4.78 is 27.6. The third-order valence-corrected chi connectivity index (χ3v) is 7.34. The molecular weight excluding hydrogens is 518 g/mol. The van der Waals surface area contributed by atoms with Crippen molar-refractivity contribution < 1.29 is 18.0 Å². The van der Waals surface area contributed by atoms with Gasteiger partial charge in [-0.1, -0.05) is 39.7 Å². The lowest BCUT2D eigenvalue weighted by molar-refractivity contribution is -0.140. The first-order chi connectivity index (χ1) is 14.9. The van der Waals surface area contributed by atoms with Gasteiger partial charge in [0.2, 0.25) is 21.8 Å². The lowest BCUT2D eigenvalue weighted by Gasteiger charge is -2.30. The van der Waals surface area contributed by atoms with Gasteiger partial charge in [0.15, 0.2) is 0 Å². The molecule has 7 nitrogen and oxygen atoms in total. The molecule has 32 heavy (non-hydrogen) atoms. The van der Waals surface area contributed by atoms with Gasteiger partial charge in [0.05, 0.1) is 11.4 Å². The second-order valence-electron chi connectivity index (χ2n) is 7.70. The molecule has 0 radical (unpaired) electrons. The molecule has 2 rings (SSSR count). The molecule has 0 saturated carbocycles. The van der Waals surface area contributed by atoms with E-state index in [2.05, 4.69) is 21.2 Å². The van der Waals surface area contributed by atoms with Crippen LogP contribution < -0.4 is 5.32 Å². The molecule has 0 aliphatic rings. The number of carbonyl (C=O) groups is 2. The van der Waals surface area contributed by atoms with Crippen molar-refractivity contribution in [3.63, 3.8) is 0 Å². The number of halogens is 2. The topological polar surface area (TPSA) is 86.8 Å². The highest BCUT2D eigenvalue weighted by Crippen LogP contribution is 2.19. The minimum Gasteiger partial charge on any atom is -0.352 e. The van der Waals surface area contributed by atoms with Crippen molar-refractivity contribution in [1.29, 1.82) is 0 Å². The van der Waals surface area contributed by atoms with E-state index < -0.39 is 28.5 Å². The van der Waals surface area contributed by atoms with Gasteiger partial charge in [0.25, 0.3) is 0 Å². The first-order valence-corrected chi connectivity index (χ1v) is 12.6. The van der Waals surface area contributed by atoms with Gasteiger partial charge < -0.3 is 10.2 Å². The van der Waals surface area contributed by atoms with Crippen molar-refractivity contribution >= 4 is 49.4 Å². The molecule has 174 valence electrons. The van der Waals surface area contributed by atoms with Crippen LogP contribution in [0.1, 0.15) is 26.3 Å². The Morgan fingerprint density at radius 2 is 1.59 bits per heavy atom. The number of rotatable bonds is 9. The van der Waals surface area contributed by atoms with Crippen molar-refractivity contribution in [2.24, 2.45) is 0 Å². The van der Waals surface area contributed by atoms with Gasteiger partial charge in [-0.15, -0.1) is 0 Å². The minimum atomic E-state index is -3.91. The standard InChI is InChI=1S/C22H27BrClN3O4S/c1-15(2)25-22(29)16(3)27(13-17-5-7-18(23)8-6-17)21(28)14-26(4)32(30,31)20-11-9-19(24)10-12-20/h5-12,15-16H,13-14H2,1-4H3,(H,25,29)/t16-/m0/s1. The van der Waals surface area contributed by atoms with E-state index in [1.165, 1.54) is 36.2 Å². The summed E-state index contributed by atoms with van der Waals surface area (Å²) in [7, 11) is -2.58. The summed E-state index contributed by atoms with van der Waals surface area (Å²) in [6, 6.07) is 12.2. The molecule has 1 atom stereocenters. The van der Waals surface area contributed by atoms with Gasteiger partial charge in [0, 0.05) is 29.1 Å². The van der Waals surface area contributed by atoms with E-state index in [1.54, 1.807) is 6.92 Å². The molecule has 10 heteroatoms. The third-order valence-electron chi connectivity index (χ3n) is 4.74. The van der Waals surface area contributed by atoms with Crippen molar-refractivity contribution in [3.05, 3.63) is 63.6 Å². The van der Waals surface area contributed by atoms with Gasteiger partial charge in [-0.05, 0) is 62.7 Å². The first-order valence-electron chi connectivity index (χ1n) is 9.98. The highest BCUT2D eigenvalue weighted by atomic mass is 79.9. The van der Waals surface area contributed by atoms with Crippen LogP contribution in [0.4, 0.5) is 0 Å². The zero-order valence-electron chi connectivity index (χ0n) is 18.4. The van der Waals surface area contributed by atoms with Gasteiger partial charge >= 0.3 is 0 Å². The molecule has 0 spiro atoms. The van der Waals surface area contributed by atoms with Crippen LogP contribution >= 0.6 is 27.5 Å². The van der Waals surface area contributed by atoms with Gasteiger partial charge in [-0.3, -0.25) is 9.59 Å². The number of sulfonamides is 1. The number of nitrogens with zero attached hydrogens (tertiary/aromatic N) is 2. The molecule has 2 aromatic rings. The van der Waals surface area contributed by atoms with Gasteiger partial charge in [-0.2, -0.15) is 4.31 Å². The van der Waals surface area contributed by atoms with Gasteiger partial charge in [-0.25, -0.2) is 8.42 Å². The number of amides is 2. The summed E-state index contributed by atoms with van der Waals surface area (Å²) >= 11 is 9.22. The lowest BCUT2D eigenvalue weighted by atomic mass is 10.1. The Bertz CT molecular complexity index is 1040. The quantitative estimate of drug-likeness (QED) is 0.522. The van der Waals surface area contributed by atoms with E-state index in [0.29, 0.717) is 5.02 Å². The average molecular weight is 545 g/mol. The molecule has 1 N–H and O–H groups in total. The molecule has 2 aromatic carbocycles. The molecule has 0 fully saturated rings. The highest BCUT2D eigenvalue weighted by Gasteiger charge is 2.30. The molecule has 0 bridgehead atoms. The third kappa shape index (κ3) is 7.03. The SMILES string of the molecule is CC(C)NC(=O)[C@H](C)N(Cc1ccc(Br)cc1)C(=O)CN(C)S(=O)(=O)c1ccc(Cl)cc1. The van der Waals surface area contributed by atoms with Crippen molar-refractivity contribution in [2.45, 2.75) is 44.3 Å². The predicted molar refractivity (Wildman–Crippen MR) is 129 cm³/mol. The van der Waals surface area contributed by atoms with Crippen LogP contribution in [0.2, 0.25) is 5.02 Å². The Labute approximate surface area is 202 Å². The van der Waals surface area contributed by atoms with E-state index in [0.717, 1.165) is 14.3 Å². The van der Waals surface area contributed by atoms with Crippen LogP contribution in [0.3, 0.4) is 0 Å².